The predicted molar refractivity (Wildman–Crippen MR) is 118 cm³/mol. The fraction of sp³-hybridized carbons (Fsp3) is 0.381. The van der Waals surface area contributed by atoms with Gasteiger partial charge in [0.2, 0.25) is 0 Å². The minimum atomic E-state index is -0.190. The first kappa shape index (κ1) is 19.1. The maximum Gasteiger partial charge on any atom is 0.257 e. The molecule has 4 heterocycles. The van der Waals surface area contributed by atoms with Crippen molar-refractivity contribution in [3.05, 3.63) is 36.0 Å². The summed E-state index contributed by atoms with van der Waals surface area (Å²) >= 11 is 1.46. The van der Waals surface area contributed by atoms with Gasteiger partial charge in [-0.1, -0.05) is 11.3 Å². The van der Waals surface area contributed by atoms with Crippen molar-refractivity contribution in [2.24, 2.45) is 0 Å². The summed E-state index contributed by atoms with van der Waals surface area (Å²) in [7, 11) is 1.63. The molecular weight excluding hydrogens is 402 g/mol. The Hall–Kier alpha value is -2.91. The average molecular weight is 426 g/mol. The predicted octanol–water partition coefficient (Wildman–Crippen LogP) is 3.00. The van der Waals surface area contributed by atoms with Crippen LogP contribution in [-0.4, -0.2) is 62.4 Å². The van der Waals surface area contributed by atoms with Gasteiger partial charge in [-0.15, -0.1) is 0 Å². The Balaban J connectivity index is 1.43. The molecule has 8 nitrogen and oxygen atoms in total. The van der Waals surface area contributed by atoms with Crippen molar-refractivity contribution >= 4 is 44.1 Å². The van der Waals surface area contributed by atoms with Gasteiger partial charge in [-0.25, -0.2) is 9.97 Å². The number of nitrogens with one attached hydrogen (secondary N) is 1. The fourth-order valence-electron chi connectivity index (χ4n) is 3.69. The summed E-state index contributed by atoms with van der Waals surface area (Å²) in [5, 5.41) is 3.51. The van der Waals surface area contributed by atoms with Crippen LogP contribution in [-0.2, 0) is 4.74 Å². The number of amides is 1. The van der Waals surface area contributed by atoms with Crippen LogP contribution in [0.2, 0.25) is 0 Å². The molecule has 2 fully saturated rings. The molecule has 30 heavy (non-hydrogen) atoms. The van der Waals surface area contributed by atoms with Gasteiger partial charge in [-0.3, -0.25) is 10.1 Å². The zero-order valence-corrected chi connectivity index (χ0v) is 17.6. The van der Waals surface area contributed by atoms with Gasteiger partial charge in [-0.05, 0) is 30.7 Å². The Morgan fingerprint density at radius 2 is 2.00 bits per heavy atom. The van der Waals surface area contributed by atoms with E-state index in [1.165, 1.54) is 11.3 Å². The van der Waals surface area contributed by atoms with Crippen molar-refractivity contribution in [3.8, 4) is 5.75 Å². The molecule has 1 amide bonds. The normalized spacial score (nSPS) is 16.4. The molecule has 1 N–H and O–H groups in total. The molecule has 2 aliphatic rings. The first-order valence-electron chi connectivity index (χ1n) is 10.1. The SMILES string of the molecule is COc1ccc(N2CCOCC2)c2sc(NC(=O)c3ccnc(N4CCC4)c3)nc12. The Labute approximate surface area is 178 Å². The molecular formula is C21H23N5O3S. The maximum absolute atomic E-state index is 12.9. The number of ether oxygens (including phenoxy) is 2. The summed E-state index contributed by atoms with van der Waals surface area (Å²) < 4.78 is 12.0. The lowest BCUT2D eigenvalue weighted by Crippen LogP contribution is -2.37. The van der Waals surface area contributed by atoms with Crippen LogP contribution < -0.4 is 19.9 Å². The highest BCUT2D eigenvalue weighted by atomic mass is 32.1. The lowest BCUT2D eigenvalue weighted by Gasteiger charge is -2.32. The Morgan fingerprint density at radius 1 is 1.17 bits per heavy atom. The molecule has 0 spiro atoms. The smallest absolute Gasteiger partial charge is 0.257 e. The molecule has 156 valence electrons. The van der Waals surface area contributed by atoms with Crippen LogP contribution in [0.15, 0.2) is 30.5 Å². The third kappa shape index (κ3) is 3.54. The van der Waals surface area contributed by atoms with Gasteiger partial charge < -0.3 is 19.3 Å². The minimum absolute atomic E-state index is 0.190. The largest absolute Gasteiger partial charge is 0.494 e. The summed E-state index contributed by atoms with van der Waals surface area (Å²) in [6.07, 6.45) is 2.84. The van der Waals surface area contributed by atoms with Gasteiger partial charge in [0.1, 0.15) is 17.1 Å². The van der Waals surface area contributed by atoms with E-state index in [1.54, 1.807) is 19.4 Å². The second-order valence-electron chi connectivity index (χ2n) is 7.28. The highest BCUT2D eigenvalue weighted by Gasteiger charge is 2.21. The Kier molecular flexibility index (Phi) is 5.14. The van der Waals surface area contributed by atoms with E-state index < -0.39 is 0 Å². The molecule has 1 aromatic carbocycles. The first-order valence-corrected chi connectivity index (χ1v) is 10.9. The van der Waals surface area contributed by atoms with Crippen LogP contribution in [0, 0.1) is 0 Å². The number of thiazole rings is 1. The highest BCUT2D eigenvalue weighted by molar-refractivity contribution is 7.23. The zero-order valence-electron chi connectivity index (χ0n) is 16.8. The lowest BCUT2D eigenvalue weighted by molar-refractivity contribution is 0.102. The number of fused-ring (bicyclic) bond motifs is 1. The van der Waals surface area contributed by atoms with Crippen LogP contribution in [0.5, 0.6) is 5.75 Å². The number of hydrogen-bond donors (Lipinski definition) is 1. The second kappa shape index (κ2) is 8.08. The van der Waals surface area contributed by atoms with Crippen LogP contribution in [0.4, 0.5) is 16.6 Å². The number of rotatable bonds is 5. The molecule has 0 radical (unpaired) electrons. The number of benzene rings is 1. The summed E-state index contributed by atoms with van der Waals surface area (Å²) in [5.74, 6) is 1.35. The van der Waals surface area contributed by atoms with E-state index in [2.05, 4.69) is 31.2 Å². The van der Waals surface area contributed by atoms with Gasteiger partial charge in [0.05, 0.1) is 30.7 Å². The molecule has 2 aromatic heterocycles. The molecule has 3 aromatic rings. The second-order valence-corrected chi connectivity index (χ2v) is 8.28. The van der Waals surface area contributed by atoms with Gasteiger partial charge >= 0.3 is 0 Å². The van der Waals surface area contributed by atoms with E-state index in [0.29, 0.717) is 29.7 Å². The van der Waals surface area contributed by atoms with Crippen molar-refractivity contribution in [2.45, 2.75) is 6.42 Å². The van der Waals surface area contributed by atoms with E-state index in [4.69, 9.17) is 9.47 Å². The number of methoxy groups -OCH3 is 1. The van der Waals surface area contributed by atoms with Gasteiger partial charge in [0, 0.05) is 37.9 Å². The molecule has 0 aliphatic carbocycles. The number of anilines is 3. The van der Waals surface area contributed by atoms with E-state index >= 15 is 0 Å². The third-order valence-electron chi connectivity index (χ3n) is 5.47. The minimum Gasteiger partial charge on any atom is -0.494 e. The Morgan fingerprint density at radius 3 is 2.73 bits per heavy atom. The molecule has 5 rings (SSSR count). The number of aromatic nitrogens is 2. The number of carbonyl (C=O) groups is 1. The first-order chi connectivity index (χ1) is 14.7. The van der Waals surface area contributed by atoms with Crippen molar-refractivity contribution in [1.82, 2.24) is 9.97 Å². The summed E-state index contributed by atoms with van der Waals surface area (Å²) in [5.41, 5.74) is 2.43. The highest BCUT2D eigenvalue weighted by Crippen LogP contribution is 2.39. The number of hydrogen-bond acceptors (Lipinski definition) is 8. The van der Waals surface area contributed by atoms with Gasteiger partial charge in [0.25, 0.3) is 5.91 Å². The Bertz CT molecular complexity index is 1080. The third-order valence-corrected chi connectivity index (χ3v) is 6.46. The topological polar surface area (TPSA) is 79.8 Å². The summed E-state index contributed by atoms with van der Waals surface area (Å²) in [4.78, 5) is 26.4. The average Bonchev–Trinajstić information content (AvgIpc) is 3.16. The van der Waals surface area contributed by atoms with Crippen molar-refractivity contribution in [2.75, 3.05) is 61.6 Å². The van der Waals surface area contributed by atoms with Crippen LogP contribution in [0.3, 0.4) is 0 Å². The lowest BCUT2D eigenvalue weighted by atomic mass is 10.2. The van der Waals surface area contributed by atoms with Crippen molar-refractivity contribution in [3.63, 3.8) is 0 Å². The van der Waals surface area contributed by atoms with E-state index in [-0.39, 0.29) is 5.91 Å². The summed E-state index contributed by atoms with van der Waals surface area (Å²) in [6, 6.07) is 7.55. The number of nitrogens with zero attached hydrogens (tertiary/aromatic N) is 4. The zero-order chi connectivity index (χ0) is 20.5. The molecule has 2 saturated heterocycles. The van der Waals surface area contributed by atoms with Gasteiger partial charge in [0.15, 0.2) is 5.13 Å². The fourth-order valence-corrected chi connectivity index (χ4v) is 4.71. The standard InChI is InChI=1S/C21H23N5O3S/c1-28-16-4-3-15(25-9-11-29-12-10-25)19-18(16)23-21(30-19)24-20(27)14-5-6-22-17(13-14)26-7-2-8-26/h3-6,13H,2,7-12H2,1H3,(H,23,24,27). The van der Waals surface area contributed by atoms with Crippen molar-refractivity contribution < 1.29 is 14.3 Å². The van der Waals surface area contributed by atoms with Crippen LogP contribution in [0.25, 0.3) is 10.2 Å². The molecule has 2 aliphatic heterocycles. The molecule has 0 saturated carbocycles. The molecule has 0 unspecified atom stereocenters. The van der Waals surface area contributed by atoms with Gasteiger partial charge in [-0.2, -0.15) is 0 Å². The quantitative estimate of drug-likeness (QED) is 0.673. The molecule has 9 heteroatoms. The molecule has 0 atom stereocenters. The van der Waals surface area contributed by atoms with E-state index in [9.17, 15) is 4.79 Å². The maximum atomic E-state index is 12.9. The van der Waals surface area contributed by atoms with E-state index in [0.717, 1.165) is 54.3 Å². The van der Waals surface area contributed by atoms with Crippen LogP contribution >= 0.6 is 11.3 Å². The number of morpholine rings is 1. The number of pyridine rings is 1. The van der Waals surface area contributed by atoms with E-state index in [1.807, 2.05) is 12.1 Å². The molecule has 0 bridgehead atoms. The summed E-state index contributed by atoms with van der Waals surface area (Å²) in [6.45, 7) is 5.05. The number of carbonyl (C=O) groups excluding carboxylic acids is 1. The van der Waals surface area contributed by atoms with Crippen molar-refractivity contribution in [1.29, 1.82) is 0 Å². The monoisotopic (exact) mass is 425 g/mol. The van der Waals surface area contributed by atoms with Crippen LogP contribution in [0.1, 0.15) is 16.8 Å².